The maximum Gasteiger partial charge on any atom is 0.124 e. The SMILES string of the molecule is CCCCC(CC)C(N)c1ccccc1OCCOC. The Bertz CT molecular complexity index is 368. The van der Waals surface area contributed by atoms with E-state index in [1.54, 1.807) is 7.11 Å². The van der Waals surface area contributed by atoms with Crippen LogP contribution in [-0.4, -0.2) is 20.3 Å². The summed E-state index contributed by atoms with van der Waals surface area (Å²) in [5, 5.41) is 0. The zero-order valence-corrected chi connectivity index (χ0v) is 13.1. The predicted molar refractivity (Wildman–Crippen MR) is 84.0 cm³/mol. The molecule has 1 rings (SSSR count). The van der Waals surface area contributed by atoms with Crippen LogP contribution in [-0.2, 0) is 4.74 Å². The Balaban J connectivity index is 2.76. The molecule has 2 unspecified atom stereocenters. The van der Waals surface area contributed by atoms with Crippen molar-refractivity contribution in [2.24, 2.45) is 11.7 Å². The van der Waals surface area contributed by atoms with Crippen LogP contribution in [0.15, 0.2) is 24.3 Å². The summed E-state index contributed by atoms with van der Waals surface area (Å²) in [6.45, 7) is 5.59. The van der Waals surface area contributed by atoms with E-state index >= 15 is 0 Å². The molecular weight excluding hydrogens is 250 g/mol. The number of para-hydroxylation sites is 1. The molecule has 0 radical (unpaired) electrons. The Morgan fingerprint density at radius 3 is 2.55 bits per heavy atom. The molecule has 0 fully saturated rings. The van der Waals surface area contributed by atoms with Gasteiger partial charge >= 0.3 is 0 Å². The van der Waals surface area contributed by atoms with Crippen molar-refractivity contribution in [1.29, 1.82) is 0 Å². The van der Waals surface area contributed by atoms with Gasteiger partial charge in [-0.2, -0.15) is 0 Å². The molecule has 1 aromatic rings. The molecule has 0 aliphatic carbocycles. The van der Waals surface area contributed by atoms with Crippen LogP contribution in [0.5, 0.6) is 5.75 Å². The van der Waals surface area contributed by atoms with Crippen molar-refractivity contribution in [3.8, 4) is 5.75 Å². The molecule has 0 spiro atoms. The molecule has 0 heterocycles. The molecular formula is C17H29NO2. The first-order valence-electron chi connectivity index (χ1n) is 7.70. The van der Waals surface area contributed by atoms with Crippen molar-refractivity contribution in [2.75, 3.05) is 20.3 Å². The van der Waals surface area contributed by atoms with E-state index in [2.05, 4.69) is 19.9 Å². The Morgan fingerprint density at radius 1 is 1.15 bits per heavy atom. The predicted octanol–water partition coefficient (Wildman–Crippen LogP) is 3.93. The van der Waals surface area contributed by atoms with Crippen molar-refractivity contribution < 1.29 is 9.47 Å². The number of ether oxygens (including phenoxy) is 2. The number of rotatable bonds is 10. The van der Waals surface area contributed by atoms with Gasteiger partial charge in [-0.15, -0.1) is 0 Å². The molecule has 0 aliphatic rings. The Kier molecular flexibility index (Phi) is 8.31. The second-order valence-corrected chi connectivity index (χ2v) is 5.22. The zero-order valence-electron chi connectivity index (χ0n) is 13.1. The van der Waals surface area contributed by atoms with Gasteiger partial charge in [-0.3, -0.25) is 0 Å². The van der Waals surface area contributed by atoms with Crippen LogP contribution in [0.1, 0.15) is 51.1 Å². The van der Waals surface area contributed by atoms with Crippen molar-refractivity contribution in [3.63, 3.8) is 0 Å². The highest BCUT2D eigenvalue weighted by molar-refractivity contribution is 5.36. The van der Waals surface area contributed by atoms with Crippen LogP contribution in [0.3, 0.4) is 0 Å². The molecule has 3 nitrogen and oxygen atoms in total. The molecule has 0 aliphatic heterocycles. The first-order valence-corrected chi connectivity index (χ1v) is 7.70. The number of hydrogen-bond acceptors (Lipinski definition) is 3. The summed E-state index contributed by atoms with van der Waals surface area (Å²) >= 11 is 0. The van der Waals surface area contributed by atoms with Crippen molar-refractivity contribution >= 4 is 0 Å². The second-order valence-electron chi connectivity index (χ2n) is 5.22. The summed E-state index contributed by atoms with van der Waals surface area (Å²) in [6, 6.07) is 8.15. The summed E-state index contributed by atoms with van der Waals surface area (Å²) in [6.07, 6.45) is 4.74. The third-order valence-electron chi connectivity index (χ3n) is 3.78. The van der Waals surface area contributed by atoms with Crippen molar-refractivity contribution in [3.05, 3.63) is 29.8 Å². The number of unbranched alkanes of at least 4 members (excludes halogenated alkanes) is 1. The van der Waals surface area contributed by atoms with Gasteiger partial charge in [-0.05, 0) is 18.4 Å². The first-order chi connectivity index (χ1) is 9.74. The first kappa shape index (κ1) is 17.0. The average molecular weight is 279 g/mol. The fourth-order valence-electron chi connectivity index (χ4n) is 2.48. The van der Waals surface area contributed by atoms with Gasteiger partial charge in [0, 0.05) is 18.7 Å². The highest BCUT2D eigenvalue weighted by atomic mass is 16.5. The highest BCUT2D eigenvalue weighted by Crippen LogP contribution is 2.32. The van der Waals surface area contributed by atoms with Crippen LogP contribution in [0.4, 0.5) is 0 Å². The molecule has 1 aromatic carbocycles. The summed E-state index contributed by atoms with van der Waals surface area (Å²) < 4.78 is 10.8. The molecule has 0 bridgehead atoms. The quantitative estimate of drug-likeness (QED) is 0.660. The largest absolute Gasteiger partial charge is 0.491 e. The van der Waals surface area contributed by atoms with Crippen LogP contribution in [0.25, 0.3) is 0 Å². The standard InChI is InChI=1S/C17H29NO2/c1-4-6-9-14(5-2)17(18)15-10-7-8-11-16(15)20-13-12-19-3/h7-8,10-11,14,17H,4-6,9,12-13,18H2,1-3H3. The molecule has 0 saturated heterocycles. The highest BCUT2D eigenvalue weighted by Gasteiger charge is 2.20. The van der Waals surface area contributed by atoms with Gasteiger partial charge in [0.2, 0.25) is 0 Å². The topological polar surface area (TPSA) is 44.5 Å². The Morgan fingerprint density at radius 2 is 1.90 bits per heavy atom. The monoisotopic (exact) mass is 279 g/mol. The minimum Gasteiger partial charge on any atom is -0.491 e. The normalized spacial score (nSPS) is 14.0. The van der Waals surface area contributed by atoms with Gasteiger partial charge in [0.15, 0.2) is 0 Å². The number of nitrogens with two attached hydrogens (primary N) is 1. The van der Waals surface area contributed by atoms with Crippen LogP contribution < -0.4 is 10.5 Å². The van der Waals surface area contributed by atoms with E-state index in [1.807, 2.05) is 18.2 Å². The number of benzene rings is 1. The van der Waals surface area contributed by atoms with E-state index in [1.165, 1.54) is 19.3 Å². The molecule has 0 amide bonds. The molecule has 2 N–H and O–H groups in total. The van der Waals surface area contributed by atoms with E-state index in [-0.39, 0.29) is 6.04 Å². The molecule has 0 saturated carbocycles. The third-order valence-corrected chi connectivity index (χ3v) is 3.78. The lowest BCUT2D eigenvalue weighted by atomic mass is 9.87. The number of hydrogen-bond donors (Lipinski definition) is 1. The minimum atomic E-state index is 0.0466. The number of methoxy groups -OCH3 is 1. The lowest BCUT2D eigenvalue weighted by Crippen LogP contribution is -2.22. The lowest BCUT2D eigenvalue weighted by Gasteiger charge is -2.25. The van der Waals surface area contributed by atoms with E-state index in [4.69, 9.17) is 15.2 Å². The van der Waals surface area contributed by atoms with Gasteiger partial charge in [-0.25, -0.2) is 0 Å². The maximum atomic E-state index is 6.48. The van der Waals surface area contributed by atoms with E-state index in [0.29, 0.717) is 19.1 Å². The zero-order chi connectivity index (χ0) is 14.8. The van der Waals surface area contributed by atoms with Crippen LogP contribution in [0.2, 0.25) is 0 Å². The third kappa shape index (κ3) is 5.14. The minimum absolute atomic E-state index is 0.0466. The van der Waals surface area contributed by atoms with Gasteiger partial charge in [0.25, 0.3) is 0 Å². The van der Waals surface area contributed by atoms with Gasteiger partial charge in [0.05, 0.1) is 6.61 Å². The van der Waals surface area contributed by atoms with E-state index in [9.17, 15) is 0 Å². The summed E-state index contributed by atoms with van der Waals surface area (Å²) in [7, 11) is 1.68. The average Bonchev–Trinajstić information content (AvgIpc) is 2.48. The van der Waals surface area contributed by atoms with Crippen molar-refractivity contribution in [2.45, 2.75) is 45.6 Å². The van der Waals surface area contributed by atoms with Gasteiger partial charge in [-0.1, -0.05) is 51.3 Å². The maximum absolute atomic E-state index is 6.48. The van der Waals surface area contributed by atoms with Crippen LogP contribution in [0, 0.1) is 5.92 Å². The molecule has 20 heavy (non-hydrogen) atoms. The molecule has 114 valence electrons. The summed E-state index contributed by atoms with van der Waals surface area (Å²) in [4.78, 5) is 0. The fourth-order valence-corrected chi connectivity index (χ4v) is 2.48. The molecule has 0 aromatic heterocycles. The molecule has 3 heteroatoms. The van der Waals surface area contributed by atoms with Gasteiger partial charge in [0.1, 0.15) is 12.4 Å². The molecule has 2 atom stereocenters. The fraction of sp³-hybridized carbons (Fsp3) is 0.647. The smallest absolute Gasteiger partial charge is 0.124 e. The van der Waals surface area contributed by atoms with Crippen LogP contribution >= 0.6 is 0 Å². The second kappa shape index (κ2) is 9.78. The Hall–Kier alpha value is -1.06. The summed E-state index contributed by atoms with van der Waals surface area (Å²) in [5.41, 5.74) is 7.60. The Labute approximate surface area is 123 Å². The van der Waals surface area contributed by atoms with E-state index < -0.39 is 0 Å². The van der Waals surface area contributed by atoms with Crippen molar-refractivity contribution in [1.82, 2.24) is 0 Å². The summed E-state index contributed by atoms with van der Waals surface area (Å²) in [5.74, 6) is 1.41. The lowest BCUT2D eigenvalue weighted by molar-refractivity contribution is 0.145. The van der Waals surface area contributed by atoms with Gasteiger partial charge < -0.3 is 15.2 Å². The van der Waals surface area contributed by atoms with E-state index in [0.717, 1.165) is 17.7 Å².